The summed E-state index contributed by atoms with van der Waals surface area (Å²) < 4.78 is 16.3. The second-order valence-corrected chi connectivity index (χ2v) is 5.66. The summed E-state index contributed by atoms with van der Waals surface area (Å²) >= 11 is 0. The van der Waals surface area contributed by atoms with Crippen LogP contribution in [0.25, 0.3) is 11.3 Å². The van der Waals surface area contributed by atoms with Crippen LogP contribution in [0, 0.1) is 0 Å². The van der Waals surface area contributed by atoms with Crippen molar-refractivity contribution in [2.24, 2.45) is 0 Å². The van der Waals surface area contributed by atoms with Crippen LogP contribution in [0.5, 0.6) is 0 Å². The highest BCUT2D eigenvalue weighted by atomic mass is 16.7. The minimum Gasteiger partial charge on any atom is -0.356 e. The lowest BCUT2D eigenvalue weighted by atomic mass is 10.1. The van der Waals surface area contributed by atoms with E-state index in [4.69, 9.17) is 14.0 Å². The Morgan fingerprint density at radius 1 is 1.26 bits per heavy atom. The van der Waals surface area contributed by atoms with E-state index in [1.54, 1.807) is 6.07 Å². The fourth-order valence-corrected chi connectivity index (χ4v) is 2.49. The maximum atomic E-state index is 12.0. The van der Waals surface area contributed by atoms with Gasteiger partial charge in [-0.15, -0.1) is 0 Å². The summed E-state index contributed by atoms with van der Waals surface area (Å²) in [5.74, 6) is -0.0186. The minimum atomic E-state index is -0.582. The molecule has 1 saturated heterocycles. The van der Waals surface area contributed by atoms with Crippen LogP contribution in [-0.2, 0) is 20.7 Å². The number of hydrogen-bond acceptors (Lipinski definition) is 5. The van der Waals surface area contributed by atoms with Gasteiger partial charge in [0, 0.05) is 24.6 Å². The Bertz CT molecular complexity index is 648. The van der Waals surface area contributed by atoms with Crippen LogP contribution < -0.4 is 5.32 Å². The van der Waals surface area contributed by atoms with E-state index >= 15 is 0 Å². The number of carbonyl (C=O) groups excluding carboxylic acids is 1. The average molecular weight is 316 g/mol. The van der Waals surface area contributed by atoms with Crippen molar-refractivity contribution >= 4 is 5.91 Å². The van der Waals surface area contributed by atoms with Crippen LogP contribution >= 0.6 is 0 Å². The summed E-state index contributed by atoms with van der Waals surface area (Å²) in [5, 5.41) is 6.80. The molecule has 0 atom stereocenters. The molecule has 2 heterocycles. The van der Waals surface area contributed by atoms with Gasteiger partial charge >= 0.3 is 0 Å². The maximum absolute atomic E-state index is 12.0. The summed E-state index contributed by atoms with van der Waals surface area (Å²) in [6.07, 6.45) is 0.807. The number of nitrogens with one attached hydrogen (secondary N) is 1. The van der Waals surface area contributed by atoms with Crippen LogP contribution in [0.3, 0.4) is 0 Å². The van der Waals surface area contributed by atoms with Gasteiger partial charge in [-0.1, -0.05) is 35.5 Å². The van der Waals surface area contributed by atoms with Gasteiger partial charge in [-0.25, -0.2) is 0 Å². The molecule has 6 nitrogen and oxygen atoms in total. The standard InChI is InChI=1S/C17H20N2O4/c1-17(21-9-10-22-17)7-8-18-16(20)12-14-11-15(23-19-14)13-5-3-2-4-6-13/h2-6,11H,7-10,12H2,1H3,(H,18,20). The van der Waals surface area contributed by atoms with Gasteiger partial charge in [-0.3, -0.25) is 4.79 Å². The highest BCUT2D eigenvalue weighted by Crippen LogP contribution is 2.22. The molecule has 0 aliphatic carbocycles. The van der Waals surface area contributed by atoms with Crippen LogP contribution in [0.2, 0.25) is 0 Å². The van der Waals surface area contributed by atoms with Crippen molar-refractivity contribution in [2.45, 2.75) is 25.6 Å². The third-order valence-corrected chi connectivity index (χ3v) is 3.76. The summed E-state index contributed by atoms with van der Waals surface area (Å²) in [6, 6.07) is 11.5. The molecule has 1 fully saturated rings. The molecule has 0 spiro atoms. The molecule has 0 unspecified atom stereocenters. The van der Waals surface area contributed by atoms with E-state index in [9.17, 15) is 4.79 Å². The van der Waals surface area contributed by atoms with Crippen molar-refractivity contribution in [3.05, 3.63) is 42.1 Å². The van der Waals surface area contributed by atoms with Crippen molar-refractivity contribution in [1.29, 1.82) is 0 Å². The lowest BCUT2D eigenvalue weighted by molar-refractivity contribution is -0.146. The van der Waals surface area contributed by atoms with Crippen molar-refractivity contribution in [2.75, 3.05) is 19.8 Å². The molecule has 3 rings (SSSR count). The second kappa shape index (κ2) is 6.93. The first kappa shape index (κ1) is 15.7. The van der Waals surface area contributed by atoms with Crippen LogP contribution in [0.15, 0.2) is 40.9 Å². The van der Waals surface area contributed by atoms with E-state index in [-0.39, 0.29) is 12.3 Å². The van der Waals surface area contributed by atoms with Gasteiger partial charge in [0.25, 0.3) is 0 Å². The topological polar surface area (TPSA) is 73.6 Å². The number of aromatic nitrogens is 1. The molecule has 0 bridgehead atoms. The monoisotopic (exact) mass is 316 g/mol. The number of carbonyl (C=O) groups is 1. The molecule has 0 radical (unpaired) electrons. The molecule has 1 aliphatic rings. The quantitative estimate of drug-likeness (QED) is 0.884. The second-order valence-electron chi connectivity index (χ2n) is 5.66. The maximum Gasteiger partial charge on any atom is 0.226 e. The Morgan fingerprint density at radius 2 is 2.00 bits per heavy atom. The number of hydrogen-bond donors (Lipinski definition) is 1. The molecule has 122 valence electrons. The molecule has 1 aliphatic heterocycles. The Labute approximate surface area is 134 Å². The largest absolute Gasteiger partial charge is 0.356 e. The molecule has 1 N–H and O–H groups in total. The third kappa shape index (κ3) is 4.18. The summed E-state index contributed by atoms with van der Waals surface area (Å²) in [6.45, 7) is 3.59. The minimum absolute atomic E-state index is 0.0977. The zero-order valence-corrected chi connectivity index (χ0v) is 13.1. The van der Waals surface area contributed by atoms with Crippen LogP contribution in [0.4, 0.5) is 0 Å². The smallest absolute Gasteiger partial charge is 0.226 e. The predicted molar refractivity (Wildman–Crippen MR) is 83.6 cm³/mol. The van der Waals surface area contributed by atoms with Crippen LogP contribution in [0.1, 0.15) is 19.0 Å². The Kier molecular flexibility index (Phi) is 4.73. The molecule has 1 amide bonds. The normalized spacial score (nSPS) is 16.4. The molecule has 1 aromatic carbocycles. The van der Waals surface area contributed by atoms with E-state index in [0.29, 0.717) is 37.6 Å². The van der Waals surface area contributed by atoms with E-state index < -0.39 is 5.79 Å². The molecule has 0 saturated carbocycles. The van der Waals surface area contributed by atoms with Crippen molar-refractivity contribution in [1.82, 2.24) is 10.5 Å². The molecular weight excluding hydrogens is 296 g/mol. The number of benzene rings is 1. The van der Waals surface area contributed by atoms with E-state index in [2.05, 4.69) is 10.5 Å². The molecule has 1 aromatic heterocycles. The lowest BCUT2D eigenvalue weighted by Crippen LogP contribution is -2.34. The fraction of sp³-hybridized carbons (Fsp3) is 0.412. The van der Waals surface area contributed by atoms with E-state index in [1.807, 2.05) is 37.3 Å². The SMILES string of the molecule is CC1(CCNC(=O)Cc2cc(-c3ccccc3)on2)OCCO1. The summed E-state index contributed by atoms with van der Waals surface area (Å²) in [4.78, 5) is 12.0. The number of ether oxygens (including phenoxy) is 2. The Hall–Kier alpha value is -2.18. The number of amides is 1. The molecule has 23 heavy (non-hydrogen) atoms. The zero-order valence-electron chi connectivity index (χ0n) is 13.1. The third-order valence-electron chi connectivity index (χ3n) is 3.76. The summed E-state index contributed by atoms with van der Waals surface area (Å²) in [7, 11) is 0. The first-order valence-electron chi connectivity index (χ1n) is 7.70. The first-order valence-corrected chi connectivity index (χ1v) is 7.70. The van der Waals surface area contributed by atoms with Crippen LogP contribution in [-0.4, -0.2) is 36.6 Å². The predicted octanol–water partition coefficient (Wildman–Crippen LogP) is 2.15. The molecule has 2 aromatic rings. The Balaban J connectivity index is 1.48. The van der Waals surface area contributed by atoms with E-state index in [1.165, 1.54) is 0 Å². The highest BCUT2D eigenvalue weighted by Gasteiger charge is 2.30. The molecule has 6 heteroatoms. The van der Waals surface area contributed by atoms with Crippen molar-refractivity contribution < 1.29 is 18.8 Å². The highest BCUT2D eigenvalue weighted by molar-refractivity contribution is 5.78. The van der Waals surface area contributed by atoms with Gasteiger partial charge < -0.3 is 19.3 Å². The summed E-state index contributed by atoms with van der Waals surface area (Å²) in [5.41, 5.74) is 1.55. The first-order chi connectivity index (χ1) is 11.1. The van der Waals surface area contributed by atoms with Gasteiger partial charge in [-0.05, 0) is 6.92 Å². The van der Waals surface area contributed by atoms with Crippen molar-refractivity contribution in [3.63, 3.8) is 0 Å². The van der Waals surface area contributed by atoms with Crippen molar-refractivity contribution in [3.8, 4) is 11.3 Å². The van der Waals surface area contributed by atoms with Gasteiger partial charge in [0.2, 0.25) is 5.91 Å². The fourth-order valence-electron chi connectivity index (χ4n) is 2.49. The van der Waals surface area contributed by atoms with Gasteiger partial charge in [0.1, 0.15) is 0 Å². The average Bonchev–Trinajstić information content (AvgIpc) is 3.18. The van der Waals surface area contributed by atoms with Gasteiger partial charge in [-0.2, -0.15) is 0 Å². The number of rotatable bonds is 6. The number of nitrogens with zero attached hydrogens (tertiary/aromatic N) is 1. The van der Waals surface area contributed by atoms with Gasteiger partial charge in [0.05, 0.1) is 25.3 Å². The lowest BCUT2D eigenvalue weighted by Gasteiger charge is -2.22. The van der Waals surface area contributed by atoms with E-state index in [0.717, 1.165) is 5.56 Å². The Morgan fingerprint density at radius 3 is 2.74 bits per heavy atom. The molecular formula is C17H20N2O4. The van der Waals surface area contributed by atoms with Gasteiger partial charge in [0.15, 0.2) is 11.5 Å². The zero-order chi connectivity index (χ0) is 16.1.